The van der Waals surface area contributed by atoms with Gasteiger partial charge in [-0.2, -0.15) is 0 Å². The Morgan fingerprint density at radius 2 is 1.56 bits per heavy atom. The van der Waals surface area contributed by atoms with Crippen LogP contribution in [-0.4, -0.2) is 34.7 Å². The van der Waals surface area contributed by atoms with Gasteiger partial charge in [-0.15, -0.1) is 0 Å². The van der Waals surface area contributed by atoms with Crippen LogP contribution in [0, 0.1) is 6.92 Å². The molecule has 4 rings (SSSR count). The van der Waals surface area contributed by atoms with Crippen molar-refractivity contribution in [2.45, 2.75) is 20.0 Å². The number of hydrogen-bond acceptors (Lipinski definition) is 6. The molecule has 0 heterocycles. The minimum atomic E-state index is -1.22. The first kappa shape index (κ1) is 21.0. The fourth-order valence-corrected chi connectivity index (χ4v) is 3.57. The molecular formula is C25H19NO6. The molecule has 0 aliphatic heterocycles. The number of benzene rings is 3. The predicted molar refractivity (Wildman–Crippen MR) is 116 cm³/mol. The molecule has 0 spiro atoms. The number of phenolic OH excluding ortho intramolecular Hbond substituents is 1. The van der Waals surface area contributed by atoms with Crippen LogP contribution in [0.25, 0.3) is 0 Å². The standard InChI is InChI=1S/C25H19NO6/c1-13-10-11-20(27)18(12-13)25(31)32-14(2)24(30)26-19-9-5-8-17-21(19)23(29)16-7-4-3-6-15(16)22(17)28/h3-12,14,27H,1-2H3,(H,26,30). The first-order chi connectivity index (χ1) is 15.3. The summed E-state index contributed by atoms with van der Waals surface area (Å²) in [6.07, 6.45) is -1.22. The largest absolute Gasteiger partial charge is 0.507 e. The number of ether oxygens (including phenoxy) is 1. The fraction of sp³-hybridized carbons (Fsp3) is 0.120. The Morgan fingerprint density at radius 3 is 2.28 bits per heavy atom. The number of carbonyl (C=O) groups excluding carboxylic acids is 4. The number of phenols is 1. The Bertz CT molecular complexity index is 1290. The van der Waals surface area contributed by atoms with Crippen molar-refractivity contribution in [3.05, 3.63) is 94.0 Å². The highest BCUT2D eigenvalue weighted by Gasteiger charge is 2.32. The van der Waals surface area contributed by atoms with Crippen molar-refractivity contribution in [2.75, 3.05) is 5.32 Å². The Labute approximate surface area is 183 Å². The summed E-state index contributed by atoms with van der Waals surface area (Å²) in [4.78, 5) is 51.0. The summed E-state index contributed by atoms with van der Waals surface area (Å²) >= 11 is 0. The average Bonchev–Trinajstić information content (AvgIpc) is 2.78. The van der Waals surface area contributed by atoms with Crippen molar-refractivity contribution in [1.29, 1.82) is 0 Å². The molecule has 32 heavy (non-hydrogen) atoms. The summed E-state index contributed by atoms with van der Waals surface area (Å²) in [6, 6.07) is 15.6. The first-order valence-corrected chi connectivity index (χ1v) is 9.91. The Hall–Kier alpha value is -4.26. The van der Waals surface area contributed by atoms with E-state index in [9.17, 15) is 24.3 Å². The van der Waals surface area contributed by atoms with Gasteiger partial charge in [-0.25, -0.2) is 4.79 Å². The van der Waals surface area contributed by atoms with Crippen LogP contribution in [0.5, 0.6) is 5.75 Å². The number of esters is 1. The summed E-state index contributed by atoms with van der Waals surface area (Å²) in [5, 5.41) is 12.5. The molecule has 0 saturated heterocycles. The number of amides is 1. The van der Waals surface area contributed by atoms with E-state index in [0.29, 0.717) is 5.56 Å². The molecule has 1 atom stereocenters. The van der Waals surface area contributed by atoms with E-state index in [4.69, 9.17) is 4.74 Å². The topological polar surface area (TPSA) is 110 Å². The minimum absolute atomic E-state index is 0.0564. The number of anilines is 1. The van der Waals surface area contributed by atoms with Gasteiger partial charge in [-0.3, -0.25) is 14.4 Å². The van der Waals surface area contributed by atoms with E-state index in [1.54, 1.807) is 43.3 Å². The van der Waals surface area contributed by atoms with Gasteiger partial charge in [-0.1, -0.05) is 48.0 Å². The molecule has 7 heteroatoms. The normalized spacial score (nSPS) is 13.1. The van der Waals surface area contributed by atoms with E-state index in [-0.39, 0.29) is 45.3 Å². The minimum Gasteiger partial charge on any atom is -0.507 e. The Kier molecular flexibility index (Phi) is 5.32. The smallest absolute Gasteiger partial charge is 0.342 e. The number of aromatic hydroxyl groups is 1. The monoisotopic (exact) mass is 429 g/mol. The van der Waals surface area contributed by atoms with Crippen molar-refractivity contribution in [1.82, 2.24) is 0 Å². The van der Waals surface area contributed by atoms with Crippen LogP contribution < -0.4 is 5.32 Å². The highest BCUT2D eigenvalue weighted by Crippen LogP contribution is 2.32. The van der Waals surface area contributed by atoms with Crippen LogP contribution in [0.4, 0.5) is 5.69 Å². The first-order valence-electron chi connectivity index (χ1n) is 9.91. The summed E-state index contributed by atoms with van der Waals surface area (Å²) in [5.41, 5.74) is 1.71. The van der Waals surface area contributed by atoms with Gasteiger partial charge in [0.05, 0.1) is 11.3 Å². The van der Waals surface area contributed by atoms with Gasteiger partial charge >= 0.3 is 5.97 Å². The molecular weight excluding hydrogens is 410 g/mol. The molecule has 1 aliphatic carbocycles. The van der Waals surface area contributed by atoms with Gasteiger partial charge in [0.25, 0.3) is 5.91 Å². The number of fused-ring (bicyclic) bond motifs is 2. The second kappa shape index (κ2) is 8.11. The molecule has 0 saturated carbocycles. The second-order valence-corrected chi connectivity index (χ2v) is 7.49. The lowest BCUT2D eigenvalue weighted by Crippen LogP contribution is -2.31. The van der Waals surface area contributed by atoms with E-state index in [0.717, 1.165) is 5.56 Å². The maximum atomic E-state index is 13.0. The Balaban J connectivity index is 1.57. The van der Waals surface area contributed by atoms with E-state index in [1.165, 1.54) is 31.2 Å². The zero-order chi connectivity index (χ0) is 23.0. The summed E-state index contributed by atoms with van der Waals surface area (Å²) in [7, 11) is 0. The molecule has 3 aromatic carbocycles. The van der Waals surface area contributed by atoms with Crippen molar-refractivity contribution in [2.24, 2.45) is 0 Å². The van der Waals surface area contributed by atoms with Crippen molar-refractivity contribution >= 4 is 29.1 Å². The van der Waals surface area contributed by atoms with Crippen LogP contribution in [0.1, 0.15) is 54.7 Å². The number of aryl methyl sites for hydroxylation is 1. The van der Waals surface area contributed by atoms with Crippen LogP contribution in [0.3, 0.4) is 0 Å². The Morgan fingerprint density at radius 1 is 0.906 bits per heavy atom. The van der Waals surface area contributed by atoms with Crippen LogP contribution in [0.2, 0.25) is 0 Å². The number of ketones is 2. The highest BCUT2D eigenvalue weighted by molar-refractivity contribution is 6.30. The number of carbonyl (C=O) groups is 4. The summed E-state index contributed by atoms with van der Waals surface area (Å²) in [6.45, 7) is 3.12. The molecule has 160 valence electrons. The lowest BCUT2D eigenvalue weighted by molar-refractivity contribution is -0.123. The maximum absolute atomic E-state index is 13.0. The number of hydrogen-bond donors (Lipinski definition) is 2. The lowest BCUT2D eigenvalue weighted by Gasteiger charge is -2.21. The summed E-state index contributed by atoms with van der Waals surface area (Å²) < 4.78 is 5.19. The maximum Gasteiger partial charge on any atom is 0.342 e. The highest BCUT2D eigenvalue weighted by atomic mass is 16.5. The quantitative estimate of drug-likeness (QED) is 0.479. The van der Waals surface area contributed by atoms with Gasteiger partial charge < -0.3 is 15.2 Å². The van der Waals surface area contributed by atoms with E-state index < -0.39 is 18.0 Å². The van der Waals surface area contributed by atoms with Crippen LogP contribution in [0.15, 0.2) is 60.7 Å². The molecule has 0 radical (unpaired) electrons. The third-order valence-corrected chi connectivity index (χ3v) is 5.24. The number of nitrogens with one attached hydrogen (secondary N) is 1. The average molecular weight is 429 g/mol. The van der Waals surface area contributed by atoms with E-state index in [1.807, 2.05) is 0 Å². The van der Waals surface area contributed by atoms with Crippen molar-refractivity contribution < 1.29 is 29.0 Å². The molecule has 0 fully saturated rings. The van der Waals surface area contributed by atoms with E-state index >= 15 is 0 Å². The molecule has 2 N–H and O–H groups in total. The van der Waals surface area contributed by atoms with Gasteiger partial charge in [0.15, 0.2) is 17.7 Å². The van der Waals surface area contributed by atoms with Gasteiger partial charge in [0.2, 0.25) is 0 Å². The third-order valence-electron chi connectivity index (χ3n) is 5.24. The molecule has 7 nitrogen and oxygen atoms in total. The number of rotatable bonds is 4. The second-order valence-electron chi connectivity index (χ2n) is 7.49. The predicted octanol–water partition coefficient (Wildman–Crippen LogP) is 3.66. The van der Waals surface area contributed by atoms with Gasteiger partial charge in [0.1, 0.15) is 11.3 Å². The van der Waals surface area contributed by atoms with Crippen LogP contribution in [-0.2, 0) is 9.53 Å². The van der Waals surface area contributed by atoms with Gasteiger partial charge in [0, 0.05) is 16.7 Å². The SMILES string of the molecule is Cc1ccc(O)c(C(=O)OC(C)C(=O)Nc2cccc3c2C(=O)c2ccccc2C3=O)c1. The van der Waals surface area contributed by atoms with E-state index in [2.05, 4.69) is 5.32 Å². The third kappa shape index (κ3) is 3.65. The zero-order valence-electron chi connectivity index (χ0n) is 17.3. The molecule has 3 aromatic rings. The molecule has 1 aliphatic rings. The summed E-state index contributed by atoms with van der Waals surface area (Å²) in [5.74, 6) is -2.48. The molecule has 1 amide bonds. The van der Waals surface area contributed by atoms with Crippen molar-refractivity contribution in [3.8, 4) is 5.75 Å². The molecule has 0 bridgehead atoms. The van der Waals surface area contributed by atoms with Gasteiger partial charge in [-0.05, 0) is 32.0 Å². The molecule has 0 aromatic heterocycles. The lowest BCUT2D eigenvalue weighted by atomic mass is 9.83. The van der Waals surface area contributed by atoms with Crippen molar-refractivity contribution in [3.63, 3.8) is 0 Å². The zero-order valence-corrected chi connectivity index (χ0v) is 17.3. The fourth-order valence-electron chi connectivity index (χ4n) is 3.57. The van der Waals surface area contributed by atoms with Crippen LogP contribution >= 0.6 is 0 Å². The molecule has 1 unspecified atom stereocenters.